The summed E-state index contributed by atoms with van der Waals surface area (Å²) in [5, 5.41) is 15.9. The Morgan fingerprint density at radius 3 is 2.70 bits per heavy atom. The predicted molar refractivity (Wildman–Crippen MR) is 108 cm³/mol. The Kier molecular flexibility index (Phi) is 6.87. The molecule has 0 unspecified atom stereocenters. The molecule has 0 spiro atoms. The summed E-state index contributed by atoms with van der Waals surface area (Å²) in [6.45, 7) is 2.69. The predicted octanol–water partition coefficient (Wildman–Crippen LogP) is 3.20. The highest BCUT2D eigenvalue weighted by Crippen LogP contribution is 2.25. The highest BCUT2D eigenvalue weighted by atomic mass is 79.9. The number of rotatable bonds is 6. The molecular weight excluding hydrogens is 434 g/mol. The molecule has 1 aliphatic rings. The first-order chi connectivity index (χ1) is 13.1. The summed E-state index contributed by atoms with van der Waals surface area (Å²) in [7, 11) is 0. The number of carbonyl (C=O) groups is 2. The molecule has 1 aliphatic heterocycles. The molecule has 0 saturated carbocycles. The number of hydrogen-bond donors (Lipinski definition) is 4. The van der Waals surface area contributed by atoms with Gasteiger partial charge in [0.05, 0.1) is 15.1 Å². The third-order valence-electron chi connectivity index (χ3n) is 4.58. The zero-order valence-electron chi connectivity index (χ0n) is 14.6. The molecule has 144 valence electrons. The van der Waals surface area contributed by atoms with Gasteiger partial charge < -0.3 is 16.0 Å². The maximum Gasteiger partial charge on any atom is 0.270 e. The number of aromatic amines is 1. The van der Waals surface area contributed by atoms with Gasteiger partial charge in [0.25, 0.3) is 11.8 Å². The zero-order chi connectivity index (χ0) is 19.2. The molecule has 3 rings (SSSR count). The first-order valence-corrected chi connectivity index (χ1v) is 10.0. The molecule has 0 aliphatic carbocycles. The van der Waals surface area contributed by atoms with Crippen LogP contribution in [0.25, 0.3) is 0 Å². The van der Waals surface area contributed by atoms with E-state index in [1.165, 1.54) is 0 Å². The van der Waals surface area contributed by atoms with Crippen LogP contribution in [0.5, 0.6) is 0 Å². The SMILES string of the molecule is O=C(Nc1n[nH]c(C(=O)NCCC2CCNCC2)c1Br)c1ccccc1Cl. The Hall–Kier alpha value is -1.90. The van der Waals surface area contributed by atoms with Gasteiger partial charge in [0.15, 0.2) is 5.82 Å². The largest absolute Gasteiger partial charge is 0.351 e. The van der Waals surface area contributed by atoms with Crippen molar-refractivity contribution in [3.8, 4) is 0 Å². The summed E-state index contributed by atoms with van der Waals surface area (Å²) in [6, 6.07) is 6.72. The fourth-order valence-electron chi connectivity index (χ4n) is 3.03. The zero-order valence-corrected chi connectivity index (χ0v) is 17.0. The highest BCUT2D eigenvalue weighted by molar-refractivity contribution is 9.10. The Bertz CT molecular complexity index is 820. The van der Waals surface area contributed by atoms with Crippen LogP contribution >= 0.6 is 27.5 Å². The molecule has 1 saturated heterocycles. The second-order valence-corrected chi connectivity index (χ2v) is 7.63. The van der Waals surface area contributed by atoms with E-state index in [0.717, 1.165) is 32.4 Å². The number of hydrogen-bond acceptors (Lipinski definition) is 4. The van der Waals surface area contributed by atoms with Crippen LogP contribution in [0.1, 0.15) is 40.1 Å². The Morgan fingerprint density at radius 2 is 1.96 bits per heavy atom. The van der Waals surface area contributed by atoms with Crippen LogP contribution in [-0.4, -0.2) is 41.6 Å². The third kappa shape index (κ3) is 5.09. The minimum atomic E-state index is -0.398. The number of benzene rings is 1. The van der Waals surface area contributed by atoms with Crippen LogP contribution in [0, 0.1) is 5.92 Å². The van der Waals surface area contributed by atoms with Gasteiger partial charge in [-0.25, -0.2) is 0 Å². The molecule has 9 heteroatoms. The number of piperidine rings is 1. The number of aromatic nitrogens is 2. The molecular formula is C18H21BrClN5O2. The lowest BCUT2D eigenvalue weighted by Gasteiger charge is -2.22. The molecule has 0 atom stereocenters. The average Bonchev–Trinajstić information content (AvgIpc) is 3.03. The Morgan fingerprint density at radius 1 is 1.22 bits per heavy atom. The van der Waals surface area contributed by atoms with E-state index in [2.05, 4.69) is 42.1 Å². The molecule has 2 aromatic rings. The lowest BCUT2D eigenvalue weighted by atomic mass is 9.95. The summed E-state index contributed by atoms with van der Waals surface area (Å²) in [4.78, 5) is 24.7. The van der Waals surface area contributed by atoms with E-state index in [1.54, 1.807) is 24.3 Å². The van der Waals surface area contributed by atoms with Crippen molar-refractivity contribution < 1.29 is 9.59 Å². The van der Waals surface area contributed by atoms with Crippen molar-refractivity contribution in [1.29, 1.82) is 0 Å². The maximum atomic E-state index is 12.4. The lowest BCUT2D eigenvalue weighted by molar-refractivity contribution is 0.0943. The normalized spacial score (nSPS) is 14.7. The van der Waals surface area contributed by atoms with Gasteiger partial charge in [0.1, 0.15) is 5.69 Å². The van der Waals surface area contributed by atoms with E-state index in [9.17, 15) is 9.59 Å². The summed E-state index contributed by atoms with van der Waals surface area (Å²) in [5.41, 5.74) is 0.608. The third-order valence-corrected chi connectivity index (χ3v) is 5.68. The monoisotopic (exact) mass is 453 g/mol. The molecule has 0 radical (unpaired) electrons. The van der Waals surface area contributed by atoms with Gasteiger partial charge in [-0.2, -0.15) is 5.10 Å². The second kappa shape index (κ2) is 9.34. The maximum absolute atomic E-state index is 12.4. The average molecular weight is 455 g/mol. The standard InChI is InChI=1S/C18H21BrClN5O2/c19-14-15(18(27)22-10-7-11-5-8-21-9-6-11)24-25-16(14)23-17(26)12-3-1-2-4-13(12)20/h1-4,11,21H,5-10H2,(H,22,27)(H2,23,24,25,26). The van der Waals surface area contributed by atoms with Gasteiger partial charge in [0, 0.05) is 6.54 Å². The van der Waals surface area contributed by atoms with Gasteiger partial charge in [-0.05, 0) is 66.3 Å². The van der Waals surface area contributed by atoms with E-state index in [4.69, 9.17) is 11.6 Å². The molecule has 1 fully saturated rings. The number of carbonyl (C=O) groups excluding carboxylic acids is 2. The molecule has 2 heterocycles. The molecule has 4 N–H and O–H groups in total. The van der Waals surface area contributed by atoms with Crippen LogP contribution in [0.15, 0.2) is 28.7 Å². The molecule has 1 aromatic carbocycles. The number of nitrogens with one attached hydrogen (secondary N) is 4. The number of amides is 2. The van der Waals surface area contributed by atoms with E-state index in [-0.39, 0.29) is 17.4 Å². The fourth-order valence-corrected chi connectivity index (χ4v) is 3.71. The van der Waals surface area contributed by atoms with Gasteiger partial charge >= 0.3 is 0 Å². The topological polar surface area (TPSA) is 98.9 Å². The molecule has 2 amide bonds. The van der Waals surface area contributed by atoms with Gasteiger partial charge in [0.2, 0.25) is 0 Å². The van der Waals surface area contributed by atoms with Crippen molar-refractivity contribution >= 4 is 45.2 Å². The minimum absolute atomic E-state index is 0.239. The van der Waals surface area contributed by atoms with Gasteiger partial charge in [-0.1, -0.05) is 23.7 Å². The smallest absolute Gasteiger partial charge is 0.270 e. The minimum Gasteiger partial charge on any atom is -0.351 e. The van der Waals surface area contributed by atoms with Crippen LogP contribution in [0.2, 0.25) is 5.02 Å². The molecule has 0 bridgehead atoms. The van der Waals surface area contributed by atoms with Crippen LogP contribution < -0.4 is 16.0 Å². The summed E-state index contributed by atoms with van der Waals surface area (Å²) in [6.07, 6.45) is 3.24. The van der Waals surface area contributed by atoms with Crippen molar-refractivity contribution in [2.45, 2.75) is 19.3 Å². The van der Waals surface area contributed by atoms with Crippen molar-refractivity contribution in [2.75, 3.05) is 25.0 Å². The van der Waals surface area contributed by atoms with Gasteiger partial charge in [-0.15, -0.1) is 0 Å². The number of H-pyrrole nitrogens is 1. The summed E-state index contributed by atoms with van der Waals surface area (Å²) in [5.74, 6) is 0.220. The van der Waals surface area contributed by atoms with E-state index in [0.29, 0.717) is 27.5 Å². The van der Waals surface area contributed by atoms with Crippen molar-refractivity contribution in [3.63, 3.8) is 0 Å². The summed E-state index contributed by atoms with van der Waals surface area (Å²) >= 11 is 9.36. The lowest BCUT2D eigenvalue weighted by Crippen LogP contribution is -2.31. The highest BCUT2D eigenvalue weighted by Gasteiger charge is 2.20. The van der Waals surface area contributed by atoms with E-state index >= 15 is 0 Å². The van der Waals surface area contributed by atoms with Crippen LogP contribution in [-0.2, 0) is 0 Å². The number of anilines is 1. The fraction of sp³-hybridized carbons (Fsp3) is 0.389. The van der Waals surface area contributed by atoms with Crippen LogP contribution in [0.4, 0.5) is 5.82 Å². The van der Waals surface area contributed by atoms with Crippen molar-refractivity contribution in [3.05, 3.63) is 45.0 Å². The first kappa shape index (κ1) is 19.9. The first-order valence-electron chi connectivity index (χ1n) is 8.85. The van der Waals surface area contributed by atoms with E-state index < -0.39 is 5.91 Å². The summed E-state index contributed by atoms with van der Waals surface area (Å²) < 4.78 is 0.405. The van der Waals surface area contributed by atoms with Crippen molar-refractivity contribution in [2.24, 2.45) is 5.92 Å². The second-order valence-electron chi connectivity index (χ2n) is 6.43. The van der Waals surface area contributed by atoms with E-state index in [1.807, 2.05) is 0 Å². The number of nitrogens with zero attached hydrogens (tertiary/aromatic N) is 1. The molecule has 27 heavy (non-hydrogen) atoms. The van der Waals surface area contributed by atoms with Gasteiger partial charge in [-0.3, -0.25) is 14.7 Å². The Labute approximate surface area is 170 Å². The molecule has 1 aromatic heterocycles. The quantitative estimate of drug-likeness (QED) is 0.539. The molecule has 7 nitrogen and oxygen atoms in total. The number of halogens is 2. The Balaban J connectivity index is 1.56. The van der Waals surface area contributed by atoms with Crippen molar-refractivity contribution in [1.82, 2.24) is 20.8 Å². The van der Waals surface area contributed by atoms with Crippen LogP contribution in [0.3, 0.4) is 0 Å².